The summed E-state index contributed by atoms with van der Waals surface area (Å²) in [6.45, 7) is 2.96. The van der Waals surface area contributed by atoms with E-state index < -0.39 is 5.60 Å². The zero-order valence-electron chi connectivity index (χ0n) is 16.7. The quantitative estimate of drug-likeness (QED) is 0.752. The Morgan fingerprint density at radius 3 is 2.90 bits per heavy atom. The minimum atomic E-state index is -0.462. The van der Waals surface area contributed by atoms with Gasteiger partial charge in [0.25, 0.3) is 0 Å². The number of rotatable bonds is 4. The SMILES string of the molecule is NCCN1C[C@]23CC[C@H](O2)[C@H](C(=O)N2CCc4[nH]nc(C5CC5)c4CC2)[C@@H]3C1=O. The number of hydrogen-bond acceptors (Lipinski definition) is 5. The zero-order chi connectivity index (χ0) is 19.8. The zero-order valence-corrected chi connectivity index (χ0v) is 16.7. The fourth-order valence-electron chi connectivity index (χ4n) is 6.30. The normalized spacial score (nSPS) is 35.8. The van der Waals surface area contributed by atoms with Gasteiger partial charge >= 0.3 is 0 Å². The van der Waals surface area contributed by atoms with Crippen LogP contribution in [0, 0.1) is 11.8 Å². The number of nitrogens with zero attached hydrogens (tertiary/aromatic N) is 3. The molecule has 1 aliphatic carbocycles. The monoisotopic (exact) mass is 399 g/mol. The van der Waals surface area contributed by atoms with Crippen LogP contribution in [0.4, 0.5) is 0 Å². The molecule has 3 saturated heterocycles. The van der Waals surface area contributed by atoms with Crippen LogP contribution in [0.5, 0.6) is 0 Å². The smallest absolute Gasteiger partial charge is 0.229 e. The van der Waals surface area contributed by atoms with Crippen molar-refractivity contribution < 1.29 is 14.3 Å². The lowest BCUT2D eigenvalue weighted by atomic mass is 9.72. The van der Waals surface area contributed by atoms with Gasteiger partial charge in [-0.25, -0.2) is 0 Å². The topological polar surface area (TPSA) is 105 Å². The second-order valence-corrected chi connectivity index (χ2v) is 9.48. The first-order chi connectivity index (χ1) is 14.1. The summed E-state index contributed by atoms with van der Waals surface area (Å²) in [6, 6.07) is 0. The molecule has 1 saturated carbocycles. The molecule has 5 aliphatic rings. The number of amides is 2. The van der Waals surface area contributed by atoms with Gasteiger partial charge in [0.15, 0.2) is 0 Å². The van der Waals surface area contributed by atoms with Crippen LogP contribution in [-0.2, 0) is 27.2 Å². The van der Waals surface area contributed by atoms with Crippen molar-refractivity contribution >= 4 is 11.8 Å². The van der Waals surface area contributed by atoms with E-state index in [1.807, 2.05) is 9.80 Å². The molecular formula is C21H29N5O3. The molecule has 29 heavy (non-hydrogen) atoms. The first-order valence-corrected chi connectivity index (χ1v) is 11.1. The van der Waals surface area contributed by atoms with Gasteiger partial charge in [-0.3, -0.25) is 14.7 Å². The van der Waals surface area contributed by atoms with Crippen molar-refractivity contribution in [3.05, 3.63) is 17.0 Å². The highest BCUT2D eigenvalue weighted by Crippen LogP contribution is 2.55. The minimum Gasteiger partial charge on any atom is -0.368 e. The van der Waals surface area contributed by atoms with Gasteiger partial charge in [0.2, 0.25) is 11.8 Å². The predicted octanol–water partition coefficient (Wildman–Crippen LogP) is 0.179. The summed E-state index contributed by atoms with van der Waals surface area (Å²) in [5.74, 6) is 0.120. The fourth-order valence-corrected chi connectivity index (χ4v) is 6.30. The molecular weight excluding hydrogens is 370 g/mol. The molecule has 0 radical (unpaired) electrons. The first kappa shape index (κ1) is 17.9. The minimum absolute atomic E-state index is 0.0660. The van der Waals surface area contributed by atoms with Gasteiger partial charge in [-0.1, -0.05) is 0 Å². The predicted molar refractivity (Wildman–Crippen MR) is 104 cm³/mol. The van der Waals surface area contributed by atoms with E-state index in [9.17, 15) is 9.59 Å². The number of hydrogen-bond donors (Lipinski definition) is 2. The highest BCUT2D eigenvalue weighted by molar-refractivity contribution is 5.92. The molecule has 4 atom stereocenters. The van der Waals surface area contributed by atoms with Gasteiger partial charge in [-0.15, -0.1) is 0 Å². The molecule has 2 amide bonds. The third-order valence-electron chi connectivity index (χ3n) is 7.81. The molecule has 8 nitrogen and oxygen atoms in total. The number of ether oxygens (including phenoxy) is 1. The van der Waals surface area contributed by atoms with Crippen LogP contribution >= 0.6 is 0 Å². The van der Waals surface area contributed by atoms with Crippen LogP contribution in [-0.4, -0.2) is 76.2 Å². The molecule has 1 spiro atoms. The Morgan fingerprint density at radius 1 is 1.28 bits per heavy atom. The van der Waals surface area contributed by atoms with Gasteiger partial charge in [0.05, 0.1) is 35.8 Å². The summed E-state index contributed by atoms with van der Waals surface area (Å²) in [5.41, 5.74) is 8.97. The lowest BCUT2D eigenvalue weighted by molar-refractivity contribution is -0.144. The van der Waals surface area contributed by atoms with Gasteiger partial charge in [-0.05, 0) is 37.7 Å². The Kier molecular flexibility index (Phi) is 3.88. The first-order valence-electron chi connectivity index (χ1n) is 11.1. The molecule has 2 bridgehead atoms. The molecule has 8 heteroatoms. The number of H-pyrrole nitrogens is 1. The van der Waals surface area contributed by atoms with E-state index in [2.05, 4.69) is 10.2 Å². The summed E-state index contributed by atoms with van der Waals surface area (Å²) in [6.07, 6.45) is 5.76. The average molecular weight is 399 g/mol. The van der Waals surface area contributed by atoms with E-state index in [0.717, 1.165) is 25.7 Å². The molecule has 6 rings (SSSR count). The van der Waals surface area contributed by atoms with E-state index >= 15 is 0 Å². The summed E-state index contributed by atoms with van der Waals surface area (Å²) in [5, 5.41) is 7.77. The van der Waals surface area contributed by atoms with Crippen LogP contribution in [0.1, 0.15) is 48.6 Å². The summed E-state index contributed by atoms with van der Waals surface area (Å²) < 4.78 is 6.33. The number of nitrogens with one attached hydrogen (secondary N) is 1. The standard InChI is InChI=1S/C21H29N5O3/c22-7-10-26-11-21-6-3-15(29-21)16(17(21)20(26)28)19(27)25-8-4-13-14(5-9-25)23-24-18(13)12-1-2-12/h12,15-17H,1-11,22H2,(H,23,24)/t15-,16-,17+,21-/m0/s1. The van der Waals surface area contributed by atoms with Crippen molar-refractivity contribution in [2.45, 2.75) is 56.1 Å². The highest BCUT2D eigenvalue weighted by atomic mass is 16.5. The van der Waals surface area contributed by atoms with E-state index in [-0.39, 0.29) is 29.8 Å². The van der Waals surface area contributed by atoms with Gasteiger partial charge in [0, 0.05) is 44.2 Å². The van der Waals surface area contributed by atoms with Crippen molar-refractivity contribution in [3.8, 4) is 0 Å². The van der Waals surface area contributed by atoms with E-state index in [1.165, 1.54) is 29.8 Å². The Bertz CT molecular complexity index is 864. The Morgan fingerprint density at radius 2 is 2.10 bits per heavy atom. The molecule has 4 aliphatic heterocycles. The number of fused-ring (bicyclic) bond motifs is 2. The number of likely N-dealkylation sites (tertiary alicyclic amines) is 1. The third kappa shape index (κ3) is 2.54. The molecule has 1 aromatic rings. The van der Waals surface area contributed by atoms with Crippen molar-refractivity contribution in [3.63, 3.8) is 0 Å². The third-order valence-corrected chi connectivity index (χ3v) is 7.81. The van der Waals surface area contributed by atoms with E-state index in [1.54, 1.807) is 0 Å². The van der Waals surface area contributed by atoms with E-state index in [4.69, 9.17) is 10.5 Å². The average Bonchev–Trinajstić information content (AvgIpc) is 3.22. The fraction of sp³-hybridized carbons (Fsp3) is 0.762. The summed E-state index contributed by atoms with van der Waals surface area (Å²) in [7, 11) is 0. The number of aromatic amines is 1. The summed E-state index contributed by atoms with van der Waals surface area (Å²) >= 11 is 0. The number of carbonyl (C=O) groups excluding carboxylic acids is 2. The Hall–Kier alpha value is -1.93. The number of carbonyl (C=O) groups is 2. The van der Waals surface area contributed by atoms with Crippen LogP contribution in [0.15, 0.2) is 0 Å². The largest absolute Gasteiger partial charge is 0.368 e. The molecule has 1 aromatic heterocycles. The van der Waals surface area contributed by atoms with Crippen molar-refractivity contribution in [1.29, 1.82) is 0 Å². The van der Waals surface area contributed by atoms with Crippen molar-refractivity contribution in [2.24, 2.45) is 17.6 Å². The van der Waals surface area contributed by atoms with Gasteiger partial charge in [-0.2, -0.15) is 5.10 Å². The van der Waals surface area contributed by atoms with Crippen LogP contribution < -0.4 is 5.73 Å². The molecule has 3 N–H and O–H groups in total. The maximum Gasteiger partial charge on any atom is 0.229 e. The Labute approximate surface area is 170 Å². The molecule has 156 valence electrons. The second-order valence-electron chi connectivity index (χ2n) is 9.48. The maximum atomic E-state index is 13.6. The molecule has 0 unspecified atom stereocenters. The molecule has 4 fully saturated rings. The van der Waals surface area contributed by atoms with E-state index in [0.29, 0.717) is 38.6 Å². The van der Waals surface area contributed by atoms with Crippen LogP contribution in [0.2, 0.25) is 0 Å². The van der Waals surface area contributed by atoms with Crippen molar-refractivity contribution in [1.82, 2.24) is 20.0 Å². The van der Waals surface area contributed by atoms with Gasteiger partial charge in [0.1, 0.15) is 0 Å². The number of aromatic nitrogens is 2. The van der Waals surface area contributed by atoms with Crippen molar-refractivity contribution in [2.75, 3.05) is 32.7 Å². The number of nitrogens with two attached hydrogens (primary N) is 1. The lowest BCUT2D eigenvalue weighted by Gasteiger charge is -2.31. The highest BCUT2D eigenvalue weighted by Gasteiger charge is 2.69. The van der Waals surface area contributed by atoms with Crippen LogP contribution in [0.3, 0.4) is 0 Å². The summed E-state index contributed by atoms with van der Waals surface area (Å²) in [4.78, 5) is 30.5. The molecule has 0 aromatic carbocycles. The van der Waals surface area contributed by atoms with Crippen LogP contribution in [0.25, 0.3) is 0 Å². The maximum absolute atomic E-state index is 13.6. The second kappa shape index (κ2) is 6.28. The van der Waals surface area contributed by atoms with Gasteiger partial charge < -0.3 is 20.3 Å². The lowest BCUT2D eigenvalue weighted by Crippen LogP contribution is -2.48. The molecule has 5 heterocycles. The Balaban J connectivity index is 1.22.